The zero-order valence-electron chi connectivity index (χ0n) is 12.9. The Bertz CT molecular complexity index is 781. The van der Waals surface area contributed by atoms with Crippen LogP contribution in [-0.2, 0) is 18.2 Å². The predicted octanol–water partition coefficient (Wildman–Crippen LogP) is 2.64. The largest absolute Gasteiger partial charge is 0.425 e. The normalized spacial score (nSPS) is 20.9. The van der Waals surface area contributed by atoms with Crippen LogP contribution in [0.2, 0.25) is 0 Å². The van der Waals surface area contributed by atoms with Crippen LogP contribution < -0.4 is 0 Å². The maximum absolute atomic E-state index is 5.90. The lowest BCUT2D eigenvalue weighted by atomic mass is 9.95. The first-order valence-electron chi connectivity index (χ1n) is 7.76. The summed E-state index contributed by atoms with van der Waals surface area (Å²) in [5.74, 6) is 1.40. The Morgan fingerprint density at radius 2 is 2.09 bits per heavy atom. The quantitative estimate of drug-likeness (QED) is 0.741. The molecule has 2 aromatic heterocycles. The van der Waals surface area contributed by atoms with E-state index in [4.69, 9.17) is 9.15 Å². The fraction of sp³-hybridized carbons (Fsp3) is 0.353. The van der Waals surface area contributed by atoms with Crippen LogP contribution in [0.3, 0.4) is 0 Å². The smallest absolute Gasteiger partial charge is 0.222 e. The van der Waals surface area contributed by atoms with Gasteiger partial charge in [0.25, 0.3) is 0 Å². The molecule has 3 aromatic rings. The lowest BCUT2D eigenvalue weighted by molar-refractivity contribution is 0.0997. The van der Waals surface area contributed by atoms with Gasteiger partial charge in [-0.2, -0.15) is 5.10 Å². The highest BCUT2D eigenvalue weighted by molar-refractivity contribution is 5.22. The number of rotatable bonds is 4. The molecule has 3 heterocycles. The number of nitrogens with zero attached hydrogens (tertiary/aromatic N) is 4. The van der Waals surface area contributed by atoms with E-state index in [0.717, 1.165) is 17.5 Å². The Labute approximate surface area is 134 Å². The first kappa shape index (κ1) is 14.1. The van der Waals surface area contributed by atoms with E-state index in [-0.39, 0.29) is 12.0 Å². The molecule has 0 spiro atoms. The van der Waals surface area contributed by atoms with Crippen molar-refractivity contribution in [2.75, 3.05) is 6.61 Å². The van der Waals surface area contributed by atoms with Crippen LogP contribution in [0.4, 0.5) is 0 Å². The highest BCUT2D eigenvalue weighted by Gasteiger charge is 2.34. The summed E-state index contributed by atoms with van der Waals surface area (Å²) in [4.78, 5) is 0. The van der Waals surface area contributed by atoms with Crippen LogP contribution in [-0.4, -0.2) is 26.6 Å². The van der Waals surface area contributed by atoms with Gasteiger partial charge < -0.3 is 9.15 Å². The molecule has 6 heteroatoms. The molecule has 0 amide bonds. The third kappa shape index (κ3) is 2.90. The van der Waals surface area contributed by atoms with Crippen molar-refractivity contribution in [2.24, 2.45) is 7.05 Å². The van der Waals surface area contributed by atoms with E-state index in [1.807, 2.05) is 37.6 Å². The Kier molecular flexibility index (Phi) is 3.67. The van der Waals surface area contributed by atoms with Gasteiger partial charge in [0.15, 0.2) is 0 Å². The van der Waals surface area contributed by atoms with Crippen LogP contribution in [0.1, 0.15) is 41.4 Å². The molecule has 118 valence electrons. The third-order valence-electron chi connectivity index (χ3n) is 4.13. The molecule has 1 aliphatic heterocycles. The fourth-order valence-electron chi connectivity index (χ4n) is 3.04. The summed E-state index contributed by atoms with van der Waals surface area (Å²) < 4.78 is 13.6. The molecule has 4 rings (SSSR count). The number of ether oxygens (including phenoxy) is 1. The summed E-state index contributed by atoms with van der Waals surface area (Å²) in [7, 11) is 1.89. The van der Waals surface area contributed by atoms with E-state index in [1.54, 1.807) is 4.68 Å². The van der Waals surface area contributed by atoms with E-state index in [2.05, 4.69) is 27.4 Å². The van der Waals surface area contributed by atoms with Gasteiger partial charge in [-0.15, -0.1) is 10.2 Å². The molecule has 1 aliphatic rings. The molecule has 0 radical (unpaired) electrons. The van der Waals surface area contributed by atoms with Gasteiger partial charge in [0.05, 0.1) is 24.6 Å². The van der Waals surface area contributed by atoms with Crippen molar-refractivity contribution in [1.29, 1.82) is 0 Å². The molecule has 0 aliphatic carbocycles. The van der Waals surface area contributed by atoms with Crippen molar-refractivity contribution in [2.45, 2.75) is 24.9 Å². The average molecular weight is 310 g/mol. The summed E-state index contributed by atoms with van der Waals surface area (Å²) in [5, 5.41) is 12.6. The van der Waals surface area contributed by atoms with E-state index in [1.165, 1.54) is 0 Å². The minimum absolute atomic E-state index is 0.0112. The first-order valence-corrected chi connectivity index (χ1v) is 7.76. The monoisotopic (exact) mass is 310 g/mol. The molecule has 6 nitrogen and oxygen atoms in total. The number of hydrogen-bond acceptors (Lipinski definition) is 5. The molecule has 0 saturated carbocycles. The molecule has 1 fully saturated rings. The number of hydrogen-bond donors (Lipinski definition) is 0. The topological polar surface area (TPSA) is 66.0 Å². The van der Waals surface area contributed by atoms with E-state index in [9.17, 15) is 0 Å². The maximum Gasteiger partial charge on any atom is 0.222 e. The Hall–Kier alpha value is -2.47. The minimum Gasteiger partial charge on any atom is -0.425 e. The van der Waals surface area contributed by atoms with Gasteiger partial charge in [0.1, 0.15) is 0 Å². The van der Waals surface area contributed by atoms with Gasteiger partial charge in [0, 0.05) is 19.9 Å². The van der Waals surface area contributed by atoms with Crippen LogP contribution >= 0.6 is 0 Å². The molecular formula is C17H18N4O2. The molecule has 0 bridgehead atoms. The minimum atomic E-state index is -0.0112. The number of aryl methyl sites for hydroxylation is 1. The van der Waals surface area contributed by atoms with Crippen LogP contribution in [0.15, 0.2) is 47.1 Å². The van der Waals surface area contributed by atoms with E-state index >= 15 is 0 Å². The summed E-state index contributed by atoms with van der Waals surface area (Å²) in [6.45, 7) is 0.713. The highest BCUT2D eigenvalue weighted by atomic mass is 16.5. The zero-order valence-corrected chi connectivity index (χ0v) is 12.9. The average Bonchev–Trinajstić information content (AvgIpc) is 3.29. The summed E-state index contributed by atoms with van der Waals surface area (Å²) >= 11 is 0. The van der Waals surface area contributed by atoms with Crippen LogP contribution in [0.5, 0.6) is 0 Å². The van der Waals surface area contributed by atoms with Crippen molar-refractivity contribution in [3.05, 3.63) is 65.6 Å². The molecule has 23 heavy (non-hydrogen) atoms. The Morgan fingerprint density at radius 1 is 1.22 bits per heavy atom. The fourth-order valence-corrected chi connectivity index (χ4v) is 3.04. The van der Waals surface area contributed by atoms with Crippen molar-refractivity contribution < 1.29 is 9.15 Å². The molecule has 1 aromatic carbocycles. The molecule has 0 unspecified atom stereocenters. The predicted molar refractivity (Wildman–Crippen MR) is 82.8 cm³/mol. The van der Waals surface area contributed by atoms with Gasteiger partial charge in [-0.25, -0.2) is 0 Å². The SMILES string of the molecule is Cn1cc(Cc2nnc([C@H]3CCO[C@@H]3c3ccccc3)o2)cn1. The van der Waals surface area contributed by atoms with Gasteiger partial charge in [-0.3, -0.25) is 4.68 Å². The number of aromatic nitrogens is 4. The second-order valence-corrected chi connectivity index (χ2v) is 5.83. The highest BCUT2D eigenvalue weighted by Crippen LogP contribution is 2.40. The second kappa shape index (κ2) is 5.96. The van der Waals surface area contributed by atoms with Crippen LogP contribution in [0.25, 0.3) is 0 Å². The van der Waals surface area contributed by atoms with Gasteiger partial charge in [0.2, 0.25) is 11.8 Å². The van der Waals surface area contributed by atoms with Gasteiger partial charge >= 0.3 is 0 Å². The van der Waals surface area contributed by atoms with Crippen molar-refractivity contribution >= 4 is 0 Å². The van der Waals surface area contributed by atoms with E-state index < -0.39 is 0 Å². The Balaban J connectivity index is 1.53. The van der Waals surface area contributed by atoms with Crippen molar-refractivity contribution in [3.8, 4) is 0 Å². The lowest BCUT2D eigenvalue weighted by Crippen LogP contribution is -2.06. The van der Waals surface area contributed by atoms with Crippen LogP contribution in [0, 0.1) is 0 Å². The molecular weight excluding hydrogens is 292 g/mol. The Morgan fingerprint density at radius 3 is 2.87 bits per heavy atom. The second-order valence-electron chi connectivity index (χ2n) is 5.83. The van der Waals surface area contributed by atoms with Gasteiger partial charge in [-0.1, -0.05) is 30.3 Å². The lowest BCUT2D eigenvalue weighted by Gasteiger charge is -2.15. The first-order chi connectivity index (χ1) is 11.3. The zero-order chi connectivity index (χ0) is 15.6. The number of benzene rings is 1. The third-order valence-corrected chi connectivity index (χ3v) is 4.13. The molecule has 2 atom stereocenters. The van der Waals surface area contributed by atoms with Crippen molar-refractivity contribution in [1.82, 2.24) is 20.0 Å². The van der Waals surface area contributed by atoms with Crippen molar-refractivity contribution in [3.63, 3.8) is 0 Å². The molecule has 0 N–H and O–H groups in total. The summed E-state index contributed by atoms with van der Waals surface area (Å²) in [6.07, 6.45) is 5.26. The summed E-state index contributed by atoms with van der Waals surface area (Å²) in [6, 6.07) is 10.2. The molecule has 1 saturated heterocycles. The van der Waals surface area contributed by atoms with Gasteiger partial charge in [-0.05, 0) is 17.5 Å². The summed E-state index contributed by atoms with van der Waals surface area (Å²) in [5.41, 5.74) is 2.21. The van der Waals surface area contributed by atoms with E-state index in [0.29, 0.717) is 24.8 Å². The maximum atomic E-state index is 5.90. The standard InChI is InChI=1S/C17H18N4O2/c1-21-11-12(10-18-21)9-15-19-20-17(23-15)14-7-8-22-16(14)13-5-3-2-4-6-13/h2-6,10-11,14,16H,7-9H2,1H3/t14-,16+/m0/s1.